The molecular formula is C19H20O5. The molecule has 0 saturated carbocycles. The van der Waals surface area contributed by atoms with E-state index in [2.05, 4.69) is 0 Å². The highest BCUT2D eigenvalue weighted by atomic mass is 16.5. The lowest BCUT2D eigenvalue weighted by Gasteiger charge is -2.10. The second kappa shape index (κ2) is 8.15. The third-order valence-electron chi connectivity index (χ3n) is 3.56. The first-order valence-corrected chi connectivity index (χ1v) is 7.56. The molecule has 0 fully saturated rings. The van der Waals surface area contributed by atoms with Gasteiger partial charge in [-0.05, 0) is 42.3 Å². The van der Waals surface area contributed by atoms with Crippen molar-refractivity contribution < 1.29 is 23.8 Å². The van der Waals surface area contributed by atoms with Crippen LogP contribution in [0.3, 0.4) is 0 Å². The van der Waals surface area contributed by atoms with Crippen molar-refractivity contribution in [3.63, 3.8) is 0 Å². The Hall–Kier alpha value is -2.82. The van der Waals surface area contributed by atoms with Gasteiger partial charge in [-0.15, -0.1) is 0 Å². The van der Waals surface area contributed by atoms with E-state index in [1.54, 1.807) is 56.7 Å². The van der Waals surface area contributed by atoms with Crippen molar-refractivity contribution in [1.82, 2.24) is 0 Å². The number of hydrogen-bond donors (Lipinski definition) is 0. The standard InChI is InChI=1S/C19H20O5/c1-13(20)24-19-12-17(23-3)10-6-15(19)7-11-18(21)14-4-8-16(22-2)9-5-14/h4-6,8-10,12H,7,11H2,1-3H3. The van der Waals surface area contributed by atoms with Gasteiger partial charge in [-0.3, -0.25) is 9.59 Å². The van der Waals surface area contributed by atoms with Crippen LogP contribution in [0.25, 0.3) is 0 Å². The first-order chi connectivity index (χ1) is 11.5. The lowest BCUT2D eigenvalue weighted by atomic mass is 10.0. The largest absolute Gasteiger partial charge is 0.497 e. The molecule has 2 aromatic rings. The molecule has 126 valence electrons. The van der Waals surface area contributed by atoms with Crippen molar-refractivity contribution in [1.29, 1.82) is 0 Å². The maximum atomic E-state index is 12.3. The fourth-order valence-corrected chi connectivity index (χ4v) is 2.29. The summed E-state index contributed by atoms with van der Waals surface area (Å²) < 4.78 is 15.4. The SMILES string of the molecule is COc1ccc(C(=O)CCc2ccc(OC)cc2OC(C)=O)cc1. The minimum absolute atomic E-state index is 0.0160. The van der Waals surface area contributed by atoms with Crippen LogP contribution in [0.2, 0.25) is 0 Å². The molecule has 5 heteroatoms. The van der Waals surface area contributed by atoms with E-state index in [0.717, 1.165) is 5.56 Å². The number of ketones is 1. The van der Waals surface area contributed by atoms with Crippen LogP contribution >= 0.6 is 0 Å². The van der Waals surface area contributed by atoms with Gasteiger partial charge in [0.15, 0.2) is 5.78 Å². The van der Waals surface area contributed by atoms with Gasteiger partial charge < -0.3 is 14.2 Å². The van der Waals surface area contributed by atoms with Crippen LogP contribution in [0.15, 0.2) is 42.5 Å². The number of ether oxygens (including phenoxy) is 3. The molecule has 0 aromatic heterocycles. The van der Waals surface area contributed by atoms with Gasteiger partial charge in [0, 0.05) is 25.0 Å². The Morgan fingerprint density at radius 2 is 1.54 bits per heavy atom. The summed E-state index contributed by atoms with van der Waals surface area (Å²) in [6, 6.07) is 12.2. The lowest BCUT2D eigenvalue weighted by molar-refractivity contribution is -0.131. The van der Waals surface area contributed by atoms with Gasteiger partial charge in [-0.1, -0.05) is 6.07 Å². The molecule has 0 aliphatic heterocycles. The molecule has 0 saturated heterocycles. The molecule has 0 spiro atoms. The number of methoxy groups -OCH3 is 2. The molecule has 0 heterocycles. The van der Waals surface area contributed by atoms with E-state index in [1.165, 1.54) is 6.92 Å². The third-order valence-corrected chi connectivity index (χ3v) is 3.56. The van der Waals surface area contributed by atoms with Gasteiger partial charge in [0.25, 0.3) is 0 Å². The van der Waals surface area contributed by atoms with Crippen LogP contribution in [-0.2, 0) is 11.2 Å². The predicted octanol–water partition coefficient (Wildman–Crippen LogP) is 3.44. The molecule has 0 bridgehead atoms. The fourth-order valence-electron chi connectivity index (χ4n) is 2.29. The van der Waals surface area contributed by atoms with Gasteiger partial charge in [0.1, 0.15) is 17.2 Å². The maximum absolute atomic E-state index is 12.3. The monoisotopic (exact) mass is 328 g/mol. The summed E-state index contributed by atoms with van der Waals surface area (Å²) in [5.41, 5.74) is 1.41. The normalized spacial score (nSPS) is 10.1. The van der Waals surface area contributed by atoms with E-state index in [1.807, 2.05) is 0 Å². The Labute approximate surface area is 141 Å². The van der Waals surface area contributed by atoms with Crippen LogP contribution in [-0.4, -0.2) is 26.0 Å². The maximum Gasteiger partial charge on any atom is 0.308 e. The zero-order valence-corrected chi connectivity index (χ0v) is 14.0. The second-order valence-corrected chi connectivity index (χ2v) is 5.22. The van der Waals surface area contributed by atoms with Gasteiger partial charge in [0.2, 0.25) is 0 Å². The smallest absolute Gasteiger partial charge is 0.308 e. The number of carbonyl (C=O) groups is 2. The van der Waals surface area contributed by atoms with E-state index >= 15 is 0 Å². The second-order valence-electron chi connectivity index (χ2n) is 5.22. The van der Waals surface area contributed by atoms with E-state index in [9.17, 15) is 9.59 Å². The first-order valence-electron chi connectivity index (χ1n) is 7.56. The van der Waals surface area contributed by atoms with Gasteiger partial charge in [0.05, 0.1) is 14.2 Å². The van der Waals surface area contributed by atoms with Crippen molar-refractivity contribution >= 4 is 11.8 Å². The van der Waals surface area contributed by atoms with Crippen LogP contribution in [0.5, 0.6) is 17.2 Å². The van der Waals surface area contributed by atoms with Crippen molar-refractivity contribution in [2.45, 2.75) is 19.8 Å². The molecule has 5 nitrogen and oxygen atoms in total. The average Bonchev–Trinajstić information content (AvgIpc) is 2.59. The number of Topliss-reactive ketones (excluding diaryl/α,β-unsaturated/α-hetero) is 1. The molecule has 2 rings (SSSR count). The highest BCUT2D eigenvalue weighted by Gasteiger charge is 2.12. The topological polar surface area (TPSA) is 61.8 Å². The molecule has 0 atom stereocenters. The zero-order chi connectivity index (χ0) is 17.5. The molecule has 0 N–H and O–H groups in total. The van der Waals surface area contributed by atoms with Crippen molar-refractivity contribution in [3.05, 3.63) is 53.6 Å². The Balaban J connectivity index is 2.09. The first kappa shape index (κ1) is 17.5. The van der Waals surface area contributed by atoms with Crippen LogP contribution in [0.1, 0.15) is 29.3 Å². The number of hydrogen-bond acceptors (Lipinski definition) is 5. The van der Waals surface area contributed by atoms with Crippen LogP contribution < -0.4 is 14.2 Å². The number of aryl methyl sites for hydroxylation is 1. The molecular weight excluding hydrogens is 308 g/mol. The molecule has 0 radical (unpaired) electrons. The minimum atomic E-state index is -0.411. The van der Waals surface area contributed by atoms with Crippen molar-refractivity contribution in [2.75, 3.05) is 14.2 Å². The summed E-state index contributed by atoms with van der Waals surface area (Å²) in [5, 5.41) is 0. The number of carbonyl (C=O) groups excluding carboxylic acids is 2. The van der Waals surface area contributed by atoms with Gasteiger partial charge >= 0.3 is 5.97 Å². The third kappa shape index (κ3) is 4.59. The van der Waals surface area contributed by atoms with Gasteiger partial charge in [-0.2, -0.15) is 0 Å². The zero-order valence-electron chi connectivity index (χ0n) is 14.0. The predicted molar refractivity (Wildman–Crippen MR) is 89.9 cm³/mol. The Morgan fingerprint density at radius 1 is 0.917 bits per heavy atom. The Kier molecular flexibility index (Phi) is 5.95. The molecule has 2 aromatic carbocycles. The fraction of sp³-hybridized carbons (Fsp3) is 0.263. The lowest BCUT2D eigenvalue weighted by Crippen LogP contribution is -2.06. The average molecular weight is 328 g/mol. The summed E-state index contributed by atoms with van der Waals surface area (Å²) >= 11 is 0. The summed E-state index contributed by atoms with van der Waals surface area (Å²) in [5.74, 6) is 1.33. The van der Waals surface area contributed by atoms with E-state index in [-0.39, 0.29) is 5.78 Å². The summed E-state index contributed by atoms with van der Waals surface area (Å²) in [6.07, 6.45) is 0.782. The minimum Gasteiger partial charge on any atom is -0.497 e. The summed E-state index contributed by atoms with van der Waals surface area (Å²) in [4.78, 5) is 23.5. The number of benzene rings is 2. The molecule has 0 aliphatic rings. The molecule has 24 heavy (non-hydrogen) atoms. The molecule has 0 unspecified atom stereocenters. The quantitative estimate of drug-likeness (QED) is 0.442. The van der Waals surface area contributed by atoms with E-state index < -0.39 is 5.97 Å². The highest BCUT2D eigenvalue weighted by molar-refractivity contribution is 5.96. The van der Waals surface area contributed by atoms with E-state index in [4.69, 9.17) is 14.2 Å². The van der Waals surface area contributed by atoms with Crippen LogP contribution in [0.4, 0.5) is 0 Å². The van der Waals surface area contributed by atoms with Gasteiger partial charge in [-0.25, -0.2) is 0 Å². The molecule has 0 aliphatic carbocycles. The Bertz CT molecular complexity index is 719. The number of esters is 1. The summed E-state index contributed by atoms with van der Waals surface area (Å²) in [6.45, 7) is 1.34. The van der Waals surface area contributed by atoms with E-state index in [0.29, 0.717) is 35.7 Å². The number of rotatable bonds is 7. The van der Waals surface area contributed by atoms with Crippen molar-refractivity contribution in [2.24, 2.45) is 0 Å². The van der Waals surface area contributed by atoms with Crippen molar-refractivity contribution in [3.8, 4) is 17.2 Å². The summed E-state index contributed by atoms with van der Waals surface area (Å²) in [7, 11) is 3.12. The Morgan fingerprint density at radius 3 is 2.12 bits per heavy atom. The highest BCUT2D eigenvalue weighted by Crippen LogP contribution is 2.26. The molecule has 0 amide bonds. The van der Waals surface area contributed by atoms with Crippen LogP contribution in [0, 0.1) is 0 Å².